The van der Waals surface area contributed by atoms with Gasteiger partial charge < -0.3 is 0 Å². The average Bonchev–Trinajstić information content (AvgIpc) is 2.62. The third kappa shape index (κ3) is 3.94. The van der Waals surface area contributed by atoms with E-state index in [1.54, 1.807) is 0 Å². The molecule has 0 unspecified atom stereocenters. The van der Waals surface area contributed by atoms with Crippen LogP contribution in [0, 0.1) is 6.92 Å². The third-order valence-electron chi connectivity index (χ3n) is 4.52. The van der Waals surface area contributed by atoms with E-state index in [2.05, 4.69) is 106 Å². The van der Waals surface area contributed by atoms with Crippen LogP contribution in [0.4, 0.5) is 0 Å². The molecule has 0 aliphatic rings. The zero-order valence-electron chi connectivity index (χ0n) is 14.7. The summed E-state index contributed by atoms with van der Waals surface area (Å²) in [6.45, 7) is 6.90. The second kappa shape index (κ2) is 7.32. The van der Waals surface area contributed by atoms with Crippen LogP contribution in [0.15, 0.2) is 84.9 Å². The summed E-state index contributed by atoms with van der Waals surface area (Å²) in [5.41, 5.74) is 2.89. The zero-order valence-corrected chi connectivity index (χ0v) is 15.6. The van der Waals surface area contributed by atoms with Crippen molar-refractivity contribution in [2.45, 2.75) is 26.2 Å². The summed E-state index contributed by atoms with van der Waals surface area (Å²) in [6.07, 6.45) is 1.15. The van der Waals surface area contributed by atoms with Gasteiger partial charge in [-0.15, -0.1) is 0 Å². The van der Waals surface area contributed by atoms with E-state index in [1.807, 2.05) is 0 Å². The van der Waals surface area contributed by atoms with Gasteiger partial charge in [-0.1, -0.05) is 104 Å². The number of hydrogen-bond acceptors (Lipinski definition) is 0. The van der Waals surface area contributed by atoms with Gasteiger partial charge in [0.15, 0.2) is 0 Å². The van der Waals surface area contributed by atoms with Gasteiger partial charge in [-0.3, -0.25) is 0 Å². The van der Waals surface area contributed by atoms with E-state index >= 15 is 0 Å². The molecule has 0 bridgehead atoms. The smallest absolute Gasteiger partial charge is 0.00584 e. The Bertz CT molecular complexity index is 719. The number of benzene rings is 3. The molecule has 122 valence electrons. The first-order valence-electron chi connectivity index (χ1n) is 8.51. The van der Waals surface area contributed by atoms with E-state index in [-0.39, 0.29) is 13.3 Å². The second-order valence-electron chi connectivity index (χ2n) is 7.01. The first-order chi connectivity index (χ1) is 11.6. The minimum Gasteiger partial charge on any atom is -0.0622 e. The molecule has 1 heteroatoms. The summed E-state index contributed by atoms with van der Waals surface area (Å²) in [5.74, 6) is 0. The molecule has 0 aliphatic carbocycles. The van der Waals surface area contributed by atoms with E-state index < -0.39 is 0 Å². The van der Waals surface area contributed by atoms with Gasteiger partial charge in [0, 0.05) is 0 Å². The number of rotatable bonds is 5. The number of hydrogen-bond donors (Lipinski definition) is 0. The normalized spacial score (nSPS) is 11.7. The van der Waals surface area contributed by atoms with Crippen LogP contribution in [0.2, 0.25) is 0 Å². The Kier molecular flexibility index (Phi) is 5.17. The van der Waals surface area contributed by atoms with Gasteiger partial charge in [0.2, 0.25) is 0 Å². The van der Waals surface area contributed by atoms with Gasteiger partial charge in [-0.05, 0) is 42.6 Å². The maximum atomic E-state index is 2.37. The molecule has 24 heavy (non-hydrogen) atoms. The van der Waals surface area contributed by atoms with E-state index in [0.29, 0.717) is 0 Å². The highest BCUT2D eigenvalue weighted by Crippen LogP contribution is 2.41. The summed E-state index contributed by atoms with van der Waals surface area (Å²) >= 11 is 0. The van der Waals surface area contributed by atoms with E-state index in [9.17, 15) is 0 Å². The molecule has 3 aromatic carbocycles. The largest absolute Gasteiger partial charge is 0.0622 e. The van der Waals surface area contributed by atoms with Crippen LogP contribution < -0.4 is 10.6 Å². The maximum Gasteiger partial charge on any atom is -0.00584 e. The molecular formula is C23H25P. The van der Waals surface area contributed by atoms with Crippen molar-refractivity contribution in [3.8, 4) is 0 Å². The molecule has 0 aliphatic heterocycles. The summed E-state index contributed by atoms with van der Waals surface area (Å²) in [7, 11) is -0.370. The van der Waals surface area contributed by atoms with Crippen LogP contribution in [0.3, 0.4) is 0 Å². The van der Waals surface area contributed by atoms with Crippen molar-refractivity contribution in [1.29, 1.82) is 0 Å². The first-order valence-corrected chi connectivity index (χ1v) is 10.0. The van der Waals surface area contributed by atoms with Crippen molar-refractivity contribution in [1.82, 2.24) is 0 Å². The van der Waals surface area contributed by atoms with Crippen molar-refractivity contribution < 1.29 is 0 Å². The lowest BCUT2D eigenvalue weighted by atomic mass is 9.86. The molecule has 0 amide bonds. The molecule has 3 rings (SSSR count). The second-order valence-corrected chi connectivity index (χ2v) is 9.21. The Morgan fingerprint density at radius 1 is 0.667 bits per heavy atom. The number of aryl methyl sites for hydroxylation is 1. The zero-order chi connectivity index (χ0) is 17.0. The van der Waals surface area contributed by atoms with Crippen molar-refractivity contribution in [3.05, 3.63) is 96.1 Å². The van der Waals surface area contributed by atoms with E-state index in [4.69, 9.17) is 0 Å². The van der Waals surface area contributed by atoms with Crippen LogP contribution in [0.5, 0.6) is 0 Å². The minimum absolute atomic E-state index is 0.144. The Morgan fingerprint density at radius 2 is 1.12 bits per heavy atom. The van der Waals surface area contributed by atoms with Gasteiger partial charge >= 0.3 is 0 Å². The highest BCUT2D eigenvalue weighted by Gasteiger charge is 2.27. The van der Waals surface area contributed by atoms with Crippen LogP contribution in [0.1, 0.15) is 25.0 Å². The lowest BCUT2D eigenvalue weighted by Crippen LogP contribution is -2.27. The predicted octanol–water partition coefficient (Wildman–Crippen LogP) is 5.41. The topological polar surface area (TPSA) is 0 Å². The Hall–Kier alpha value is -1.91. The quantitative estimate of drug-likeness (QED) is 0.548. The monoisotopic (exact) mass is 332 g/mol. The summed E-state index contributed by atoms with van der Waals surface area (Å²) < 4.78 is 0. The van der Waals surface area contributed by atoms with Gasteiger partial charge in [-0.25, -0.2) is 0 Å². The molecule has 0 nitrogen and oxygen atoms in total. The fourth-order valence-corrected chi connectivity index (χ4v) is 5.74. The Balaban J connectivity index is 1.96. The highest BCUT2D eigenvalue weighted by atomic mass is 31.1. The van der Waals surface area contributed by atoms with Crippen LogP contribution in [-0.2, 0) is 5.41 Å². The molecule has 0 N–H and O–H groups in total. The standard InChI is InChI=1S/C23H25P/c1-19-14-16-20(17-15-19)23(2,3)18-24(21-10-6-4-7-11-21)22-12-8-5-9-13-22/h4-17H,18H2,1-3H3. The minimum atomic E-state index is -0.370. The van der Waals surface area contributed by atoms with Gasteiger partial charge in [0.25, 0.3) is 0 Å². The van der Waals surface area contributed by atoms with Gasteiger partial charge in [0.1, 0.15) is 0 Å². The molecule has 0 saturated heterocycles. The molecule has 0 radical (unpaired) electrons. The lowest BCUT2D eigenvalue weighted by Gasteiger charge is -2.31. The molecule has 3 aromatic rings. The molecule has 0 saturated carbocycles. The first kappa shape index (κ1) is 16.9. The molecule has 0 heterocycles. The van der Waals surface area contributed by atoms with Crippen LogP contribution >= 0.6 is 7.92 Å². The van der Waals surface area contributed by atoms with E-state index in [0.717, 1.165) is 6.16 Å². The van der Waals surface area contributed by atoms with Crippen molar-refractivity contribution >= 4 is 18.5 Å². The van der Waals surface area contributed by atoms with Crippen molar-refractivity contribution in [3.63, 3.8) is 0 Å². The van der Waals surface area contributed by atoms with Crippen LogP contribution in [-0.4, -0.2) is 6.16 Å². The average molecular weight is 332 g/mol. The Labute approximate surface area is 147 Å². The van der Waals surface area contributed by atoms with Gasteiger partial charge in [-0.2, -0.15) is 0 Å². The fourth-order valence-electron chi connectivity index (χ4n) is 3.04. The molecule has 0 aromatic heterocycles. The predicted molar refractivity (Wildman–Crippen MR) is 108 cm³/mol. The third-order valence-corrected chi connectivity index (χ3v) is 7.47. The molecule has 0 spiro atoms. The van der Waals surface area contributed by atoms with Crippen LogP contribution in [0.25, 0.3) is 0 Å². The Morgan fingerprint density at radius 3 is 1.58 bits per heavy atom. The molecular weight excluding hydrogens is 307 g/mol. The highest BCUT2D eigenvalue weighted by molar-refractivity contribution is 7.73. The maximum absolute atomic E-state index is 2.37. The molecule has 0 atom stereocenters. The van der Waals surface area contributed by atoms with Gasteiger partial charge in [0.05, 0.1) is 0 Å². The van der Waals surface area contributed by atoms with E-state index in [1.165, 1.54) is 21.7 Å². The SMILES string of the molecule is Cc1ccc(C(C)(C)CP(c2ccccc2)c2ccccc2)cc1. The summed E-state index contributed by atoms with van der Waals surface area (Å²) in [5, 5.41) is 2.91. The lowest BCUT2D eigenvalue weighted by molar-refractivity contribution is 0.599. The van der Waals surface area contributed by atoms with Crippen molar-refractivity contribution in [2.24, 2.45) is 0 Å². The summed E-state index contributed by atoms with van der Waals surface area (Å²) in [4.78, 5) is 0. The summed E-state index contributed by atoms with van der Waals surface area (Å²) in [6, 6.07) is 31.0. The van der Waals surface area contributed by atoms with Crippen molar-refractivity contribution in [2.75, 3.05) is 6.16 Å². The molecule has 0 fully saturated rings. The fraction of sp³-hybridized carbons (Fsp3) is 0.217.